The van der Waals surface area contributed by atoms with Crippen LogP contribution in [-0.2, 0) is 20.2 Å². The Hall–Kier alpha value is -0.420. The third-order valence-corrected chi connectivity index (χ3v) is 3.73. The minimum Gasteiger partial charge on any atom is -0.323 e. The quantitative estimate of drug-likeness (QED) is 0.794. The Morgan fingerprint density at radius 3 is 2.19 bits per heavy atom. The molecule has 16 heavy (non-hydrogen) atoms. The largest absolute Gasteiger partial charge is 0.323 e. The van der Waals surface area contributed by atoms with Crippen molar-refractivity contribution in [3.63, 3.8) is 0 Å². The zero-order valence-corrected chi connectivity index (χ0v) is 10.6. The second-order valence-electron chi connectivity index (χ2n) is 4.71. The molecular weight excluding hydrogens is 272 g/mol. The third-order valence-electron chi connectivity index (χ3n) is 3.04. The number of ether oxygens (including phenoxy) is 3. The van der Waals surface area contributed by atoms with Crippen molar-refractivity contribution in [2.24, 2.45) is 5.41 Å². The van der Waals surface area contributed by atoms with Crippen LogP contribution in [0.3, 0.4) is 0 Å². The van der Waals surface area contributed by atoms with Gasteiger partial charge in [0.1, 0.15) is 0 Å². The first-order chi connectivity index (χ1) is 7.64. The summed E-state index contributed by atoms with van der Waals surface area (Å²) in [5.41, 5.74) is 0.903. The van der Waals surface area contributed by atoms with E-state index in [-0.39, 0.29) is 5.41 Å². The van der Waals surface area contributed by atoms with E-state index in [0.717, 1.165) is 10.0 Å². The fourth-order valence-electron chi connectivity index (χ4n) is 2.00. The summed E-state index contributed by atoms with van der Waals surface area (Å²) in [6.07, 6.45) is 0. The molecule has 3 nitrogen and oxygen atoms in total. The van der Waals surface area contributed by atoms with Crippen LogP contribution in [0.4, 0.5) is 0 Å². The minimum atomic E-state index is -1.00. The van der Waals surface area contributed by atoms with Crippen LogP contribution in [0.25, 0.3) is 0 Å². The Bertz CT molecular complexity index is 394. The van der Waals surface area contributed by atoms with Crippen LogP contribution in [0, 0.1) is 5.41 Å². The number of hydrogen-bond acceptors (Lipinski definition) is 3. The maximum absolute atomic E-state index is 5.76. The molecule has 0 saturated carbocycles. The zero-order chi connectivity index (χ0) is 11.2. The minimum absolute atomic E-state index is 0.00298. The lowest BCUT2D eigenvalue weighted by Crippen LogP contribution is -2.57. The molecule has 0 atom stereocenters. The van der Waals surface area contributed by atoms with Gasteiger partial charge in [0.25, 0.3) is 0 Å². The third kappa shape index (κ3) is 1.52. The van der Waals surface area contributed by atoms with Gasteiger partial charge in [0.2, 0.25) is 0 Å². The predicted molar refractivity (Wildman–Crippen MR) is 61.8 cm³/mol. The molecule has 0 radical (unpaired) electrons. The van der Waals surface area contributed by atoms with E-state index in [1.165, 1.54) is 0 Å². The lowest BCUT2D eigenvalue weighted by Gasteiger charge is -2.50. The zero-order valence-electron chi connectivity index (χ0n) is 9.03. The summed E-state index contributed by atoms with van der Waals surface area (Å²) in [6.45, 7) is 4.13. The van der Waals surface area contributed by atoms with E-state index in [9.17, 15) is 0 Å². The first-order valence-electron chi connectivity index (χ1n) is 5.31. The molecule has 0 aliphatic carbocycles. The fourth-order valence-corrected chi connectivity index (χ4v) is 2.53. The number of fused-ring (bicyclic) bond motifs is 3. The normalized spacial score (nSPS) is 37.6. The van der Waals surface area contributed by atoms with Gasteiger partial charge in [0, 0.05) is 9.89 Å². The topological polar surface area (TPSA) is 27.7 Å². The molecule has 3 aliphatic heterocycles. The highest BCUT2D eigenvalue weighted by Crippen LogP contribution is 2.45. The van der Waals surface area contributed by atoms with Crippen LogP contribution in [-0.4, -0.2) is 19.8 Å². The van der Waals surface area contributed by atoms with Crippen LogP contribution in [0.2, 0.25) is 0 Å². The molecular formula is C12H13BrO3. The van der Waals surface area contributed by atoms with Gasteiger partial charge in [-0.05, 0) is 12.1 Å². The molecule has 86 valence electrons. The highest BCUT2D eigenvalue weighted by atomic mass is 79.9. The Morgan fingerprint density at radius 1 is 1.06 bits per heavy atom. The Balaban J connectivity index is 1.99. The summed E-state index contributed by atoms with van der Waals surface area (Å²) in [7, 11) is 0. The molecule has 0 aromatic heterocycles. The smallest absolute Gasteiger partial charge is 0.313 e. The highest BCUT2D eigenvalue weighted by molar-refractivity contribution is 9.10. The molecule has 3 heterocycles. The maximum atomic E-state index is 5.76. The van der Waals surface area contributed by atoms with Crippen molar-refractivity contribution < 1.29 is 14.2 Å². The van der Waals surface area contributed by atoms with Crippen LogP contribution in [0.1, 0.15) is 12.5 Å². The van der Waals surface area contributed by atoms with E-state index in [1.807, 2.05) is 24.3 Å². The van der Waals surface area contributed by atoms with Crippen molar-refractivity contribution in [2.45, 2.75) is 12.9 Å². The summed E-state index contributed by atoms with van der Waals surface area (Å²) in [5, 5.41) is 0. The van der Waals surface area contributed by atoms with E-state index in [0.29, 0.717) is 19.8 Å². The summed E-state index contributed by atoms with van der Waals surface area (Å²) < 4.78 is 18.2. The monoisotopic (exact) mass is 284 g/mol. The summed E-state index contributed by atoms with van der Waals surface area (Å²) in [5.74, 6) is -1.00. The molecule has 0 spiro atoms. The van der Waals surface area contributed by atoms with Crippen molar-refractivity contribution in [2.75, 3.05) is 19.8 Å². The van der Waals surface area contributed by atoms with Crippen molar-refractivity contribution in [1.82, 2.24) is 0 Å². The summed E-state index contributed by atoms with van der Waals surface area (Å²) in [4.78, 5) is 0. The summed E-state index contributed by atoms with van der Waals surface area (Å²) in [6, 6.07) is 7.83. The fraction of sp³-hybridized carbons (Fsp3) is 0.500. The molecule has 3 saturated heterocycles. The average molecular weight is 285 g/mol. The Morgan fingerprint density at radius 2 is 1.62 bits per heavy atom. The van der Waals surface area contributed by atoms with Gasteiger partial charge in [-0.15, -0.1) is 0 Å². The molecule has 4 rings (SSSR count). The number of rotatable bonds is 1. The molecule has 0 amide bonds. The van der Waals surface area contributed by atoms with Gasteiger partial charge in [-0.1, -0.05) is 35.0 Å². The van der Waals surface area contributed by atoms with E-state index in [1.54, 1.807) is 0 Å². The van der Waals surface area contributed by atoms with E-state index < -0.39 is 5.97 Å². The van der Waals surface area contributed by atoms with Crippen LogP contribution in [0.15, 0.2) is 28.7 Å². The van der Waals surface area contributed by atoms with Crippen LogP contribution < -0.4 is 0 Å². The van der Waals surface area contributed by atoms with E-state index in [4.69, 9.17) is 14.2 Å². The van der Waals surface area contributed by atoms with Gasteiger partial charge < -0.3 is 14.2 Å². The van der Waals surface area contributed by atoms with E-state index >= 15 is 0 Å². The molecule has 1 aromatic rings. The van der Waals surface area contributed by atoms with Gasteiger partial charge in [-0.3, -0.25) is 0 Å². The number of halogens is 1. The summed E-state index contributed by atoms with van der Waals surface area (Å²) >= 11 is 3.50. The average Bonchev–Trinajstić information content (AvgIpc) is 2.31. The van der Waals surface area contributed by atoms with Crippen molar-refractivity contribution in [3.05, 3.63) is 34.3 Å². The second-order valence-corrected chi connectivity index (χ2v) is 5.57. The van der Waals surface area contributed by atoms with Crippen LogP contribution >= 0.6 is 15.9 Å². The highest BCUT2D eigenvalue weighted by Gasteiger charge is 2.52. The standard InChI is InChI=1S/C12H13BrO3/c1-11-6-14-12(15-7-11,16-8-11)9-4-2-3-5-10(9)13/h2-5H,6-8H2,1H3. The van der Waals surface area contributed by atoms with Gasteiger partial charge in [0.15, 0.2) is 0 Å². The number of hydrogen-bond donors (Lipinski definition) is 0. The Kier molecular flexibility index (Phi) is 2.37. The maximum Gasteiger partial charge on any atom is 0.313 e. The van der Waals surface area contributed by atoms with Gasteiger partial charge in [-0.2, -0.15) is 0 Å². The molecule has 3 aliphatic rings. The molecule has 0 unspecified atom stereocenters. The lowest BCUT2D eigenvalue weighted by atomic mass is 9.91. The lowest BCUT2D eigenvalue weighted by molar-refractivity contribution is -0.477. The predicted octanol–water partition coefficient (Wildman–Crippen LogP) is 2.64. The van der Waals surface area contributed by atoms with Gasteiger partial charge in [0.05, 0.1) is 25.4 Å². The van der Waals surface area contributed by atoms with Gasteiger partial charge >= 0.3 is 5.97 Å². The van der Waals surface area contributed by atoms with Crippen molar-refractivity contribution in [3.8, 4) is 0 Å². The van der Waals surface area contributed by atoms with Crippen LogP contribution in [0.5, 0.6) is 0 Å². The first-order valence-corrected chi connectivity index (χ1v) is 6.10. The van der Waals surface area contributed by atoms with Crippen molar-refractivity contribution >= 4 is 15.9 Å². The SMILES string of the molecule is CC12COC(c3ccccc3Br)(OC1)OC2. The van der Waals surface area contributed by atoms with E-state index in [2.05, 4.69) is 22.9 Å². The van der Waals surface area contributed by atoms with Gasteiger partial charge in [-0.25, -0.2) is 0 Å². The Labute approximate surface area is 103 Å². The molecule has 2 bridgehead atoms. The second kappa shape index (κ2) is 3.53. The first kappa shape index (κ1) is 10.7. The molecule has 0 N–H and O–H groups in total. The molecule has 3 fully saturated rings. The molecule has 1 aromatic carbocycles. The number of benzene rings is 1. The molecule has 4 heteroatoms. The van der Waals surface area contributed by atoms with Crippen molar-refractivity contribution in [1.29, 1.82) is 0 Å².